The van der Waals surface area contributed by atoms with E-state index in [4.69, 9.17) is 4.74 Å². The number of amides is 1. The molecule has 2 aliphatic rings. The number of hydrogen-bond donors (Lipinski definition) is 0. The van der Waals surface area contributed by atoms with Crippen LogP contribution in [-0.2, 0) is 10.0 Å². The van der Waals surface area contributed by atoms with E-state index in [1.165, 1.54) is 34.0 Å². The third-order valence-corrected chi connectivity index (χ3v) is 9.24. The molecule has 1 amide bonds. The molecule has 174 valence electrons. The maximum atomic E-state index is 13.0. The lowest BCUT2D eigenvalue weighted by atomic mass is 9.78. The van der Waals surface area contributed by atoms with Gasteiger partial charge in [0.05, 0.1) is 0 Å². The molecular formula is C20H22F3N3O4S2. The lowest BCUT2D eigenvalue weighted by Crippen LogP contribution is -2.44. The fraction of sp³-hybridized carbons (Fsp3) is 0.500. The molecule has 12 heteroatoms. The number of hydrogen-bond acceptors (Lipinski definition) is 6. The molecule has 2 aromatic heterocycles. The number of pyridine rings is 1. The summed E-state index contributed by atoms with van der Waals surface area (Å²) in [5.41, 5.74) is -0.210. The smallest absolute Gasteiger partial charge is 0.422 e. The molecule has 4 heterocycles. The van der Waals surface area contributed by atoms with Crippen LogP contribution in [0.5, 0.6) is 5.88 Å². The van der Waals surface area contributed by atoms with E-state index < -0.39 is 28.7 Å². The number of halogens is 3. The topological polar surface area (TPSA) is 79.8 Å². The first-order valence-electron chi connectivity index (χ1n) is 10.1. The molecule has 0 N–H and O–H groups in total. The Labute approximate surface area is 187 Å². The number of rotatable bonds is 5. The zero-order valence-corrected chi connectivity index (χ0v) is 18.7. The van der Waals surface area contributed by atoms with Crippen molar-refractivity contribution in [3.8, 4) is 5.88 Å². The van der Waals surface area contributed by atoms with Gasteiger partial charge in [-0.15, -0.1) is 11.3 Å². The zero-order valence-electron chi connectivity index (χ0n) is 17.0. The maximum Gasteiger partial charge on any atom is 0.422 e. The Morgan fingerprint density at radius 1 is 1.16 bits per heavy atom. The summed E-state index contributed by atoms with van der Waals surface area (Å²) in [4.78, 5) is 18.4. The zero-order chi connectivity index (χ0) is 23.0. The van der Waals surface area contributed by atoms with Gasteiger partial charge in [0.2, 0.25) is 5.88 Å². The molecule has 2 saturated heterocycles. The molecule has 1 spiro atoms. The van der Waals surface area contributed by atoms with E-state index in [9.17, 15) is 26.4 Å². The SMILES string of the molecule is O=C(c1cccnc1OCC(F)(F)F)N1CCC2(CCN(S(=O)(=O)c3cccs3)CC2)C1. The summed E-state index contributed by atoms with van der Waals surface area (Å²) in [5, 5.41) is 1.73. The summed E-state index contributed by atoms with van der Waals surface area (Å²) >= 11 is 1.19. The van der Waals surface area contributed by atoms with Crippen molar-refractivity contribution >= 4 is 27.3 Å². The van der Waals surface area contributed by atoms with Gasteiger partial charge in [-0.05, 0) is 48.3 Å². The first kappa shape index (κ1) is 23.0. The van der Waals surface area contributed by atoms with Crippen LogP contribution in [0.25, 0.3) is 0 Å². The highest BCUT2D eigenvalue weighted by molar-refractivity contribution is 7.91. The number of alkyl halides is 3. The summed E-state index contributed by atoms with van der Waals surface area (Å²) < 4.78 is 69.6. The van der Waals surface area contributed by atoms with Crippen molar-refractivity contribution in [2.75, 3.05) is 32.8 Å². The van der Waals surface area contributed by atoms with Gasteiger partial charge in [-0.3, -0.25) is 4.79 Å². The van der Waals surface area contributed by atoms with Crippen LogP contribution in [0.1, 0.15) is 29.6 Å². The molecule has 0 aliphatic carbocycles. The fourth-order valence-electron chi connectivity index (χ4n) is 4.24. The van der Waals surface area contributed by atoms with E-state index in [1.807, 2.05) is 0 Å². The normalized spacial score (nSPS) is 19.4. The number of nitrogens with zero attached hydrogens (tertiary/aromatic N) is 3. The lowest BCUT2D eigenvalue weighted by molar-refractivity contribution is -0.154. The van der Waals surface area contributed by atoms with E-state index in [2.05, 4.69) is 4.98 Å². The van der Waals surface area contributed by atoms with Crippen LogP contribution in [0.4, 0.5) is 13.2 Å². The monoisotopic (exact) mass is 489 g/mol. The Bertz CT molecular complexity index is 1070. The quantitative estimate of drug-likeness (QED) is 0.643. The largest absolute Gasteiger partial charge is 0.467 e. The molecule has 2 aliphatic heterocycles. The third-order valence-electron chi connectivity index (χ3n) is 5.97. The summed E-state index contributed by atoms with van der Waals surface area (Å²) in [6, 6.07) is 6.18. The molecule has 4 rings (SSSR count). The number of aromatic nitrogens is 1. The molecule has 0 radical (unpaired) electrons. The minimum atomic E-state index is -4.53. The Kier molecular flexibility index (Phi) is 6.21. The second-order valence-corrected chi connectivity index (χ2v) is 11.2. The number of carbonyl (C=O) groups is 1. The molecule has 0 saturated carbocycles. The molecule has 0 bridgehead atoms. The van der Waals surface area contributed by atoms with Gasteiger partial charge in [0.1, 0.15) is 9.77 Å². The van der Waals surface area contributed by atoms with Gasteiger partial charge in [-0.2, -0.15) is 17.5 Å². The van der Waals surface area contributed by atoms with Crippen molar-refractivity contribution in [3.05, 3.63) is 41.4 Å². The average molecular weight is 490 g/mol. The van der Waals surface area contributed by atoms with Gasteiger partial charge >= 0.3 is 6.18 Å². The number of likely N-dealkylation sites (tertiary alicyclic amines) is 1. The van der Waals surface area contributed by atoms with Crippen LogP contribution < -0.4 is 4.74 Å². The van der Waals surface area contributed by atoms with Gasteiger partial charge in [-0.25, -0.2) is 13.4 Å². The molecule has 0 atom stereocenters. The Morgan fingerprint density at radius 3 is 2.53 bits per heavy atom. The number of carbonyl (C=O) groups excluding carboxylic acids is 1. The lowest BCUT2D eigenvalue weighted by Gasteiger charge is -2.38. The standard InChI is InChI=1S/C20H22F3N3O4S2/c21-20(22,23)14-30-17-15(3-1-8-24-17)18(27)25-9-5-19(13-25)6-10-26(11-7-19)32(28,29)16-4-2-12-31-16/h1-4,8,12H,5-7,9-11,13-14H2. The van der Waals surface area contributed by atoms with Crippen LogP contribution >= 0.6 is 11.3 Å². The predicted molar refractivity (Wildman–Crippen MR) is 111 cm³/mol. The van der Waals surface area contributed by atoms with Gasteiger partial charge in [0, 0.05) is 32.4 Å². The predicted octanol–water partition coefficient (Wildman–Crippen LogP) is 3.40. The van der Waals surface area contributed by atoms with Crippen molar-refractivity contribution in [2.45, 2.75) is 29.6 Å². The van der Waals surface area contributed by atoms with Crippen molar-refractivity contribution in [2.24, 2.45) is 5.41 Å². The maximum absolute atomic E-state index is 13.0. The molecule has 32 heavy (non-hydrogen) atoms. The van der Waals surface area contributed by atoms with E-state index in [0.717, 1.165) is 0 Å². The van der Waals surface area contributed by atoms with Crippen LogP contribution in [0.2, 0.25) is 0 Å². The molecule has 0 unspecified atom stereocenters. The van der Waals surface area contributed by atoms with Crippen molar-refractivity contribution in [3.63, 3.8) is 0 Å². The summed E-state index contributed by atoms with van der Waals surface area (Å²) in [7, 11) is -3.51. The average Bonchev–Trinajstić information content (AvgIpc) is 3.43. The Hall–Kier alpha value is -2.18. The summed E-state index contributed by atoms with van der Waals surface area (Å²) in [6.07, 6.45) is -1.31. The highest BCUT2D eigenvalue weighted by Gasteiger charge is 2.44. The number of sulfonamides is 1. The molecule has 2 fully saturated rings. The fourth-order valence-corrected chi connectivity index (χ4v) is 6.83. The number of thiophene rings is 1. The summed E-state index contributed by atoms with van der Waals surface area (Å²) in [6.45, 7) is 0.0867. The van der Waals surface area contributed by atoms with E-state index in [1.54, 1.807) is 22.4 Å². The van der Waals surface area contributed by atoms with E-state index >= 15 is 0 Å². The van der Waals surface area contributed by atoms with Gasteiger partial charge in [0.25, 0.3) is 15.9 Å². The first-order valence-corrected chi connectivity index (χ1v) is 12.4. The van der Waals surface area contributed by atoms with Crippen LogP contribution in [0.3, 0.4) is 0 Å². The van der Waals surface area contributed by atoms with Crippen molar-refractivity contribution in [1.29, 1.82) is 0 Å². The van der Waals surface area contributed by atoms with Crippen LogP contribution in [0, 0.1) is 5.41 Å². The number of ether oxygens (including phenoxy) is 1. The third kappa shape index (κ3) is 4.76. The van der Waals surface area contributed by atoms with Crippen LogP contribution in [-0.4, -0.2) is 67.5 Å². The van der Waals surface area contributed by atoms with Gasteiger partial charge < -0.3 is 9.64 Å². The molecule has 0 aromatic carbocycles. The highest BCUT2D eigenvalue weighted by Crippen LogP contribution is 2.42. The van der Waals surface area contributed by atoms with Crippen molar-refractivity contribution in [1.82, 2.24) is 14.2 Å². The van der Waals surface area contributed by atoms with Gasteiger partial charge in [-0.1, -0.05) is 6.07 Å². The van der Waals surface area contributed by atoms with E-state index in [0.29, 0.717) is 49.7 Å². The van der Waals surface area contributed by atoms with Crippen LogP contribution in [0.15, 0.2) is 40.1 Å². The number of piperidine rings is 1. The highest BCUT2D eigenvalue weighted by atomic mass is 32.2. The Morgan fingerprint density at radius 2 is 1.88 bits per heavy atom. The minimum Gasteiger partial charge on any atom is -0.467 e. The molecule has 2 aromatic rings. The molecule has 7 nitrogen and oxygen atoms in total. The van der Waals surface area contributed by atoms with Crippen molar-refractivity contribution < 1.29 is 31.1 Å². The minimum absolute atomic E-state index is 0.00786. The Balaban J connectivity index is 1.41. The summed E-state index contributed by atoms with van der Waals surface area (Å²) in [5.74, 6) is -0.770. The van der Waals surface area contributed by atoms with Gasteiger partial charge in [0.15, 0.2) is 6.61 Å². The molecular weight excluding hydrogens is 467 g/mol. The first-order chi connectivity index (χ1) is 15.1. The van der Waals surface area contributed by atoms with E-state index in [-0.39, 0.29) is 16.9 Å². The second kappa shape index (κ2) is 8.64. The second-order valence-electron chi connectivity index (χ2n) is 8.07.